The number of aryl methyl sites for hydroxylation is 2. The highest BCUT2D eigenvalue weighted by Crippen LogP contribution is 2.19. The van der Waals surface area contributed by atoms with Gasteiger partial charge in [-0.15, -0.1) is 11.8 Å². The summed E-state index contributed by atoms with van der Waals surface area (Å²) in [5.41, 5.74) is 2.93. The van der Waals surface area contributed by atoms with Crippen molar-refractivity contribution in [2.45, 2.75) is 26.0 Å². The molecule has 0 aliphatic carbocycles. The number of ketones is 1. The summed E-state index contributed by atoms with van der Waals surface area (Å²) in [6, 6.07) is 5.93. The molecule has 0 fully saturated rings. The number of hydrogen-bond donors (Lipinski definition) is 1. The Morgan fingerprint density at radius 2 is 2.12 bits per heavy atom. The summed E-state index contributed by atoms with van der Waals surface area (Å²) in [4.78, 5) is 12.1. The Hall–Kier alpha value is -0.800. The Morgan fingerprint density at radius 3 is 2.75 bits per heavy atom. The van der Waals surface area contributed by atoms with Crippen molar-refractivity contribution < 1.29 is 9.90 Å². The van der Waals surface area contributed by atoms with Crippen molar-refractivity contribution in [3.05, 3.63) is 34.9 Å². The van der Waals surface area contributed by atoms with Gasteiger partial charge in [-0.1, -0.05) is 17.7 Å². The lowest BCUT2D eigenvalue weighted by atomic mass is 10.0. The first-order chi connectivity index (χ1) is 7.56. The maximum atomic E-state index is 12.1. The molecule has 1 aromatic rings. The van der Waals surface area contributed by atoms with Gasteiger partial charge in [0.25, 0.3) is 0 Å². The minimum Gasteiger partial charge on any atom is -0.396 e. The Kier molecular flexibility index (Phi) is 5.03. The van der Waals surface area contributed by atoms with Gasteiger partial charge in [0.2, 0.25) is 0 Å². The molecule has 0 amide bonds. The summed E-state index contributed by atoms with van der Waals surface area (Å²) in [5, 5.41) is 8.64. The molecule has 16 heavy (non-hydrogen) atoms. The molecular weight excluding hydrogens is 220 g/mol. The number of aliphatic hydroxyl groups excluding tert-OH is 1. The standard InChI is InChI=1S/C13H18O2S/c1-9-4-5-10(2)12(8-9)13(15)11(3)16-7-6-14/h4-5,8,11,14H,6-7H2,1-3H3. The molecule has 2 nitrogen and oxygen atoms in total. The molecule has 88 valence electrons. The van der Waals surface area contributed by atoms with E-state index in [1.54, 1.807) is 0 Å². The lowest BCUT2D eigenvalue weighted by Gasteiger charge is -2.12. The minimum atomic E-state index is -0.0901. The maximum absolute atomic E-state index is 12.1. The van der Waals surface area contributed by atoms with Crippen LogP contribution in [0.15, 0.2) is 18.2 Å². The molecule has 0 aliphatic rings. The van der Waals surface area contributed by atoms with Crippen LogP contribution in [0.2, 0.25) is 0 Å². The SMILES string of the molecule is Cc1ccc(C)c(C(=O)C(C)SCCO)c1. The number of benzene rings is 1. The van der Waals surface area contributed by atoms with Gasteiger partial charge in [0.1, 0.15) is 0 Å². The Labute approximate surface area is 101 Å². The third-order valence-electron chi connectivity index (χ3n) is 2.49. The van der Waals surface area contributed by atoms with Crippen LogP contribution in [0, 0.1) is 13.8 Å². The van der Waals surface area contributed by atoms with Crippen LogP contribution < -0.4 is 0 Å². The van der Waals surface area contributed by atoms with Crippen molar-refractivity contribution in [1.29, 1.82) is 0 Å². The van der Waals surface area contributed by atoms with Crippen molar-refractivity contribution in [3.63, 3.8) is 0 Å². The summed E-state index contributed by atoms with van der Waals surface area (Å²) in [6.45, 7) is 5.96. The van der Waals surface area contributed by atoms with E-state index in [9.17, 15) is 4.79 Å². The van der Waals surface area contributed by atoms with Crippen molar-refractivity contribution in [3.8, 4) is 0 Å². The molecule has 0 saturated heterocycles. The molecular formula is C13H18O2S. The zero-order chi connectivity index (χ0) is 12.1. The van der Waals surface area contributed by atoms with Crippen LogP contribution in [0.5, 0.6) is 0 Å². The third-order valence-corrected chi connectivity index (χ3v) is 3.62. The summed E-state index contributed by atoms with van der Waals surface area (Å²) >= 11 is 1.49. The number of rotatable bonds is 5. The van der Waals surface area contributed by atoms with Crippen LogP contribution in [0.1, 0.15) is 28.4 Å². The molecule has 1 atom stereocenters. The summed E-state index contributed by atoms with van der Waals surface area (Å²) in [6.07, 6.45) is 0. The van der Waals surface area contributed by atoms with E-state index in [4.69, 9.17) is 5.11 Å². The summed E-state index contributed by atoms with van der Waals surface area (Å²) in [5.74, 6) is 0.761. The molecule has 0 heterocycles. The average Bonchev–Trinajstić information content (AvgIpc) is 2.28. The van der Waals surface area contributed by atoms with E-state index in [2.05, 4.69) is 0 Å². The van der Waals surface area contributed by atoms with Crippen LogP contribution in [-0.2, 0) is 0 Å². The number of carbonyl (C=O) groups is 1. The molecule has 0 saturated carbocycles. The number of aliphatic hydroxyl groups is 1. The van der Waals surface area contributed by atoms with Gasteiger partial charge in [0.15, 0.2) is 5.78 Å². The van der Waals surface area contributed by atoms with Crippen LogP contribution in [-0.4, -0.2) is 28.5 Å². The van der Waals surface area contributed by atoms with Gasteiger partial charge < -0.3 is 5.11 Å². The first-order valence-corrected chi connectivity index (χ1v) is 6.45. The first kappa shape index (κ1) is 13.3. The molecule has 1 N–H and O–H groups in total. The second-order valence-corrected chi connectivity index (χ2v) is 5.37. The fourth-order valence-electron chi connectivity index (χ4n) is 1.53. The van der Waals surface area contributed by atoms with E-state index in [0.29, 0.717) is 5.75 Å². The number of Topliss-reactive ketones (excluding diaryl/α,β-unsaturated/α-hetero) is 1. The second kappa shape index (κ2) is 6.06. The average molecular weight is 238 g/mol. The largest absolute Gasteiger partial charge is 0.396 e. The van der Waals surface area contributed by atoms with Crippen molar-refractivity contribution in [1.82, 2.24) is 0 Å². The highest BCUT2D eigenvalue weighted by Gasteiger charge is 2.17. The van der Waals surface area contributed by atoms with Crippen LogP contribution in [0.3, 0.4) is 0 Å². The highest BCUT2D eigenvalue weighted by molar-refractivity contribution is 8.00. The Balaban J connectivity index is 2.83. The monoisotopic (exact) mass is 238 g/mol. The van der Waals surface area contributed by atoms with Crippen LogP contribution >= 0.6 is 11.8 Å². The van der Waals surface area contributed by atoms with Gasteiger partial charge in [-0.05, 0) is 32.4 Å². The normalized spacial score (nSPS) is 12.5. The molecule has 1 aromatic carbocycles. The van der Waals surface area contributed by atoms with Crippen molar-refractivity contribution in [2.75, 3.05) is 12.4 Å². The number of thioether (sulfide) groups is 1. The lowest BCUT2D eigenvalue weighted by Crippen LogP contribution is -2.16. The smallest absolute Gasteiger partial charge is 0.175 e. The molecule has 0 aromatic heterocycles. The quantitative estimate of drug-likeness (QED) is 0.801. The molecule has 0 radical (unpaired) electrons. The third kappa shape index (κ3) is 3.35. The first-order valence-electron chi connectivity index (χ1n) is 5.40. The molecule has 1 unspecified atom stereocenters. The zero-order valence-electron chi connectivity index (χ0n) is 9.99. The molecule has 3 heteroatoms. The fraction of sp³-hybridized carbons (Fsp3) is 0.462. The van der Waals surface area contributed by atoms with Crippen LogP contribution in [0.25, 0.3) is 0 Å². The van der Waals surface area contributed by atoms with Gasteiger partial charge in [0.05, 0.1) is 11.9 Å². The molecule has 0 bridgehead atoms. The fourth-order valence-corrected chi connectivity index (χ4v) is 2.26. The van der Waals surface area contributed by atoms with E-state index in [-0.39, 0.29) is 17.6 Å². The Morgan fingerprint density at radius 1 is 1.44 bits per heavy atom. The number of hydrogen-bond acceptors (Lipinski definition) is 3. The minimum absolute atomic E-state index is 0.0901. The highest BCUT2D eigenvalue weighted by atomic mass is 32.2. The summed E-state index contributed by atoms with van der Waals surface area (Å²) < 4.78 is 0. The molecule has 0 spiro atoms. The second-order valence-electron chi connectivity index (χ2n) is 3.92. The van der Waals surface area contributed by atoms with Gasteiger partial charge in [-0.2, -0.15) is 0 Å². The summed E-state index contributed by atoms with van der Waals surface area (Å²) in [7, 11) is 0. The predicted molar refractivity (Wildman–Crippen MR) is 69.3 cm³/mol. The molecule has 0 aliphatic heterocycles. The van der Waals surface area contributed by atoms with Gasteiger partial charge in [-0.3, -0.25) is 4.79 Å². The van der Waals surface area contributed by atoms with Crippen LogP contribution in [0.4, 0.5) is 0 Å². The topological polar surface area (TPSA) is 37.3 Å². The van der Waals surface area contributed by atoms with Gasteiger partial charge in [0, 0.05) is 11.3 Å². The zero-order valence-corrected chi connectivity index (χ0v) is 10.8. The molecule has 1 rings (SSSR count). The predicted octanol–water partition coefficient (Wildman–Crippen LogP) is 2.60. The Bertz CT molecular complexity index is 374. The van der Waals surface area contributed by atoms with E-state index >= 15 is 0 Å². The van der Waals surface area contributed by atoms with Crippen molar-refractivity contribution in [2.24, 2.45) is 0 Å². The van der Waals surface area contributed by atoms with Gasteiger partial charge in [-0.25, -0.2) is 0 Å². The van der Waals surface area contributed by atoms with Gasteiger partial charge >= 0.3 is 0 Å². The van der Waals surface area contributed by atoms with E-state index in [1.807, 2.05) is 39.0 Å². The maximum Gasteiger partial charge on any atom is 0.175 e. The van der Waals surface area contributed by atoms with E-state index < -0.39 is 0 Å². The van der Waals surface area contributed by atoms with E-state index in [0.717, 1.165) is 16.7 Å². The van der Waals surface area contributed by atoms with E-state index in [1.165, 1.54) is 11.8 Å². The lowest BCUT2D eigenvalue weighted by molar-refractivity contribution is 0.0993. The number of carbonyl (C=O) groups excluding carboxylic acids is 1. The van der Waals surface area contributed by atoms with Crippen molar-refractivity contribution >= 4 is 17.5 Å².